The van der Waals surface area contributed by atoms with Gasteiger partial charge < -0.3 is 14.5 Å². The molecule has 0 amide bonds. The van der Waals surface area contributed by atoms with E-state index in [9.17, 15) is 14.0 Å². The maximum Gasteiger partial charge on any atom is 0.310 e. The molecule has 3 atom stereocenters. The first-order valence-corrected chi connectivity index (χ1v) is 16.3. The standard InChI is InChI=1S/C35H49FN3O3/c1-3-4-5-6-7-8-9-15-34(41)42-26-39(23-11-14-33(40)27-16-18-28(36)19-17-27)24-20-31-30(25-39)29-12-10-13-32-35(29)38(31)22-21-37(32)2/h10,12-13,16-19,30-31H,3-9,11,14-15,20-26H2,1-2H3/q+1. The topological polar surface area (TPSA) is 49.9 Å². The highest BCUT2D eigenvalue weighted by Crippen LogP contribution is 2.51. The van der Waals surface area contributed by atoms with Crippen LogP contribution in [0.25, 0.3) is 0 Å². The molecule has 42 heavy (non-hydrogen) atoms. The number of quaternary nitrogens is 1. The highest BCUT2D eigenvalue weighted by Gasteiger charge is 2.50. The number of hydrogen-bond acceptors (Lipinski definition) is 5. The summed E-state index contributed by atoms with van der Waals surface area (Å²) in [6, 6.07) is 13.0. The summed E-state index contributed by atoms with van der Waals surface area (Å²) in [7, 11) is 2.18. The molecule has 6 nitrogen and oxygen atoms in total. The average Bonchev–Trinajstić information content (AvgIpc) is 3.31. The first-order chi connectivity index (χ1) is 20.4. The molecule has 1 fully saturated rings. The third-order valence-corrected chi connectivity index (χ3v) is 9.85. The quantitative estimate of drug-likeness (QED) is 0.0979. The van der Waals surface area contributed by atoms with Crippen molar-refractivity contribution in [3.05, 3.63) is 59.4 Å². The maximum atomic E-state index is 13.4. The summed E-state index contributed by atoms with van der Waals surface area (Å²) in [4.78, 5) is 30.7. The Morgan fingerprint density at radius 1 is 0.952 bits per heavy atom. The molecular formula is C35H49FN3O3+. The number of anilines is 2. The zero-order chi connectivity index (χ0) is 29.5. The van der Waals surface area contributed by atoms with Crippen LogP contribution in [0, 0.1) is 5.82 Å². The molecule has 0 spiro atoms. The van der Waals surface area contributed by atoms with Crippen molar-refractivity contribution in [2.45, 2.75) is 89.5 Å². The number of esters is 1. The van der Waals surface area contributed by atoms with Crippen LogP contribution >= 0.6 is 0 Å². The van der Waals surface area contributed by atoms with Gasteiger partial charge in [0.1, 0.15) is 5.82 Å². The van der Waals surface area contributed by atoms with Gasteiger partial charge in [0.05, 0.1) is 36.9 Å². The minimum Gasteiger partial charge on any atom is -0.415 e. The van der Waals surface area contributed by atoms with Gasteiger partial charge in [-0.15, -0.1) is 0 Å². The molecule has 0 aliphatic carbocycles. The molecule has 3 unspecified atom stereocenters. The van der Waals surface area contributed by atoms with E-state index in [0.29, 0.717) is 48.0 Å². The molecule has 2 aromatic carbocycles. The number of likely N-dealkylation sites (N-methyl/N-ethyl adjacent to an activating group) is 1. The van der Waals surface area contributed by atoms with Crippen molar-refractivity contribution in [2.24, 2.45) is 0 Å². The van der Waals surface area contributed by atoms with E-state index in [2.05, 4.69) is 42.0 Å². The van der Waals surface area contributed by atoms with E-state index in [1.807, 2.05) is 0 Å². The van der Waals surface area contributed by atoms with E-state index in [1.54, 1.807) is 12.1 Å². The first kappa shape index (κ1) is 30.5. The molecule has 0 saturated carbocycles. The molecule has 0 radical (unpaired) electrons. The molecule has 3 aliphatic rings. The predicted molar refractivity (Wildman–Crippen MR) is 167 cm³/mol. The van der Waals surface area contributed by atoms with Crippen LogP contribution in [-0.2, 0) is 9.53 Å². The third-order valence-electron chi connectivity index (χ3n) is 9.85. The van der Waals surface area contributed by atoms with Crippen LogP contribution in [0.5, 0.6) is 0 Å². The Kier molecular flexibility index (Phi) is 10.2. The fraction of sp³-hybridized carbons (Fsp3) is 0.600. The Balaban J connectivity index is 1.23. The van der Waals surface area contributed by atoms with Crippen LogP contribution in [0.2, 0.25) is 0 Å². The Bertz CT molecular complexity index is 1220. The number of hydrogen-bond donors (Lipinski definition) is 0. The van der Waals surface area contributed by atoms with Crippen molar-refractivity contribution >= 4 is 23.1 Å². The molecule has 1 saturated heterocycles. The number of piperidine rings is 1. The number of ether oxygens (including phenoxy) is 1. The lowest BCUT2D eigenvalue weighted by atomic mass is 9.87. The lowest BCUT2D eigenvalue weighted by Gasteiger charge is -2.47. The van der Waals surface area contributed by atoms with Crippen molar-refractivity contribution in [1.82, 2.24) is 0 Å². The molecule has 0 N–H and O–H groups in total. The van der Waals surface area contributed by atoms with Gasteiger partial charge in [0, 0.05) is 57.4 Å². The van der Waals surface area contributed by atoms with Crippen molar-refractivity contribution in [3.8, 4) is 0 Å². The second-order valence-electron chi connectivity index (χ2n) is 12.8. The number of Topliss-reactive ketones (excluding diaryl/α,β-unsaturated/α-hetero) is 1. The van der Waals surface area contributed by atoms with Gasteiger partial charge in [-0.2, -0.15) is 0 Å². The number of fused-ring (bicyclic) bond motifs is 3. The number of carbonyl (C=O) groups excluding carboxylic acids is 2. The smallest absolute Gasteiger partial charge is 0.310 e. The minimum absolute atomic E-state index is 0.0370. The Morgan fingerprint density at radius 2 is 1.71 bits per heavy atom. The highest BCUT2D eigenvalue weighted by atomic mass is 19.1. The van der Waals surface area contributed by atoms with Crippen LogP contribution in [0.3, 0.4) is 0 Å². The summed E-state index contributed by atoms with van der Waals surface area (Å²) in [6.07, 6.45) is 10.9. The van der Waals surface area contributed by atoms with Crippen LogP contribution in [0.1, 0.15) is 99.4 Å². The van der Waals surface area contributed by atoms with Gasteiger partial charge in [0.2, 0.25) is 6.73 Å². The van der Waals surface area contributed by atoms with Crippen LogP contribution < -0.4 is 9.80 Å². The number of ketones is 1. The summed E-state index contributed by atoms with van der Waals surface area (Å²) in [5.74, 6) is -0.00738. The molecule has 5 rings (SSSR count). The van der Waals surface area contributed by atoms with Crippen molar-refractivity contribution in [3.63, 3.8) is 0 Å². The minimum atomic E-state index is -0.332. The monoisotopic (exact) mass is 578 g/mol. The largest absolute Gasteiger partial charge is 0.415 e. The highest BCUT2D eigenvalue weighted by molar-refractivity contribution is 5.95. The molecule has 3 heterocycles. The lowest BCUT2D eigenvalue weighted by Crippen LogP contribution is -2.60. The Labute approximate surface area is 251 Å². The molecule has 0 bridgehead atoms. The Hall–Kier alpha value is -2.93. The summed E-state index contributed by atoms with van der Waals surface area (Å²) in [5, 5.41) is 0. The molecule has 3 aliphatic heterocycles. The zero-order valence-corrected chi connectivity index (χ0v) is 25.7. The first-order valence-electron chi connectivity index (χ1n) is 16.3. The lowest BCUT2D eigenvalue weighted by molar-refractivity contribution is -0.949. The second kappa shape index (κ2) is 14.0. The number of rotatable bonds is 15. The van der Waals surface area contributed by atoms with Gasteiger partial charge in [-0.05, 0) is 42.3 Å². The van der Waals surface area contributed by atoms with Crippen molar-refractivity contribution in [1.29, 1.82) is 0 Å². The van der Waals surface area contributed by atoms with E-state index in [0.717, 1.165) is 52.0 Å². The van der Waals surface area contributed by atoms with Crippen LogP contribution in [0.4, 0.5) is 15.8 Å². The normalized spacial score (nSPS) is 22.5. The van der Waals surface area contributed by atoms with Crippen LogP contribution in [0.15, 0.2) is 42.5 Å². The van der Waals surface area contributed by atoms with Gasteiger partial charge in [0.25, 0.3) is 0 Å². The number of benzene rings is 2. The van der Waals surface area contributed by atoms with E-state index in [-0.39, 0.29) is 17.6 Å². The number of halogens is 1. The zero-order valence-electron chi connectivity index (χ0n) is 25.7. The van der Waals surface area contributed by atoms with E-state index < -0.39 is 0 Å². The van der Waals surface area contributed by atoms with Gasteiger partial charge in [-0.3, -0.25) is 14.1 Å². The number of likely N-dealkylation sites (tertiary alicyclic amines) is 1. The summed E-state index contributed by atoms with van der Waals surface area (Å²) in [6.45, 7) is 7.31. The average molecular weight is 579 g/mol. The van der Waals surface area contributed by atoms with Crippen molar-refractivity contribution in [2.75, 3.05) is 56.3 Å². The molecular weight excluding hydrogens is 529 g/mol. The summed E-state index contributed by atoms with van der Waals surface area (Å²) >= 11 is 0. The SMILES string of the molecule is CCCCCCCCCC(=O)OC[N+]1(CCCC(=O)c2ccc(F)cc2)CCC2C(C1)c1cccc3c1N2CCN3C. The van der Waals surface area contributed by atoms with E-state index in [4.69, 9.17) is 4.74 Å². The molecule has 0 aromatic heterocycles. The molecule has 2 aromatic rings. The number of unbranched alkanes of at least 4 members (excludes halogenated alkanes) is 6. The van der Waals surface area contributed by atoms with Crippen molar-refractivity contribution < 1.29 is 23.2 Å². The molecule has 228 valence electrons. The van der Waals surface area contributed by atoms with Gasteiger partial charge in [-0.25, -0.2) is 4.39 Å². The van der Waals surface area contributed by atoms with Gasteiger partial charge in [-0.1, -0.05) is 57.6 Å². The summed E-state index contributed by atoms with van der Waals surface area (Å²) in [5.41, 5.74) is 4.68. The van der Waals surface area contributed by atoms with Gasteiger partial charge >= 0.3 is 5.97 Å². The summed E-state index contributed by atoms with van der Waals surface area (Å²) < 4.78 is 20.1. The van der Waals surface area contributed by atoms with E-state index >= 15 is 0 Å². The second-order valence-corrected chi connectivity index (χ2v) is 12.8. The Morgan fingerprint density at radius 3 is 2.50 bits per heavy atom. The maximum absolute atomic E-state index is 13.4. The number of carbonyl (C=O) groups is 2. The number of nitrogens with zero attached hydrogens (tertiary/aromatic N) is 3. The third kappa shape index (κ3) is 6.99. The fourth-order valence-corrected chi connectivity index (χ4v) is 7.45. The number of para-hydroxylation sites is 1. The fourth-order valence-electron chi connectivity index (χ4n) is 7.45. The predicted octanol–water partition coefficient (Wildman–Crippen LogP) is 7.07. The van der Waals surface area contributed by atoms with Crippen LogP contribution in [-0.4, -0.2) is 68.8 Å². The van der Waals surface area contributed by atoms with Gasteiger partial charge in [0.15, 0.2) is 5.78 Å². The van der Waals surface area contributed by atoms with E-state index in [1.165, 1.54) is 61.2 Å². The molecule has 7 heteroatoms.